The van der Waals surface area contributed by atoms with Gasteiger partial charge in [-0.15, -0.1) is 11.8 Å². The van der Waals surface area contributed by atoms with Gasteiger partial charge < -0.3 is 5.32 Å². The maximum Gasteiger partial charge on any atom is 0.123 e. The molecule has 20 heavy (non-hydrogen) atoms. The van der Waals surface area contributed by atoms with Gasteiger partial charge in [0.05, 0.1) is 0 Å². The number of benzene rings is 2. The molecule has 0 radical (unpaired) electrons. The highest BCUT2D eigenvalue weighted by Gasteiger charge is 2.30. The Morgan fingerprint density at radius 2 is 1.85 bits per heavy atom. The number of thioether (sulfide) groups is 1. The van der Waals surface area contributed by atoms with Crippen LogP contribution in [0, 0.1) is 5.82 Å². The molecule has 1 aliphatic rings. The third-order valence-electron chi connectivity index (χ3n) is 3.92. The lowest BCUT2D eigenvalue weighted by Gasteiger charge is -2.37. The van der Waals surface area contributed by atoms with E-state index in [9.17, 15) is 4.39 Å². The van der Waals surface area contributed by atoms with E-state index in [-0.39, 0.29) is 5.82 Å². The predicted octanol–water partition coefficient (Wildman–Crippen LogP) is 4.91. The van der Waals surface area contributed by atoms with Crippen LogP contribution in [0.25, 0.3) is 0 Å². The van der Waals surface area contributed by atoms with E-state index in [1.165, 1.54) is 16.6 Å². The predicted molar refractivity (Wildman–Crippen MR) is 84.0 cm³/mol. The lowest BCUT2D eigenvalue weighted by atomic mass is 9.76. The fourth-order valence-corrected chi connectivity index (χ4v) is 3.10. The summed E-state index contributed by atoms with van der Waals surface area (Å²) in [5.41, 5.74) is 2.30. The Labute approximate surface area is 123 Å². The molecule has 0 atom stereocenters. The van der Waals surface area contributed by atoms with Crippen molar-refractivity contribution in [2.45, 2.75) is 29.7 Å². The molecule has 1 fully saturated rings. The Morgan fingerprint density at radius 1 is 1.10 bits per heavy atom. The maximum atomic E-state index is 13.2. The second-order valence-corrected chi connectivity index (χ2v) is 6.17. The minimum absolute atomic E-state index is 0.133. The van der Waals surface area contributed by atoms with Crippen molar-refractivity contribution < 1.29 is 4.39 Å². The van der Waals surface area contributed by atoms with Crippen LogP contribution in [0.4, 0.5) is 10.1 Å². The second kappa shape index (κ2) is 5.88. The van der Waals surface area contributed by atoms with E-state index >= 15 is 0 Å². The van der Waals surface area contributed by atoms with Gasteiger partial charge in [0.15, 0.2) is 0 Å². The molecule has 1 aliphatic carbocycles. The summed E-state index contributed by atoms with van der Waals surface area (Å²) in [6.07, 6.45) is 4.24. The molecular weight excluding hydrogens is 269 g/mol. The zero-order chi connectivity index (χ0) is 13.9. The number of anilines is 1. The Bertz CT molecular complexity index is 576. The summed E-state index contributed by atoms with van der Waals surface area (Å²) >= 11 is 1.75. The topological polar surface area (TPSA) is 12.0 Å². The molecule has 0 saturated heterocycles. The number of halogens is 1. The van der Waals surface area contributed by atoms with Crippen molar-refractivity contribution in [1.29, 1.82) is 0 Å². The third kappa shape index (κ3) is 2.98. The summed E-state index contributed by atoms with van der Waals surface area (Å²) < 4.78 is 13.2. The first-order valence-corrected chi connectivity index (χ1v) is 8.13. The van der Waals surface area contributed by atoms with Crippen molar-refractivity contribution in [3.8, 4) is 0 Å². The smallest absolute Gasteiger partial charge is 0.123 e. The minimum Gasteiger partial charge on any atom is -0.382 e. The van der Waals surface area contributed by atoms with Crippen LogP contribution >= 0.6 is 11.8 Å². The summed E-state index contributed by atoms with van der Waals surface area (Å²) in [6, 6.07) is 16.0. The monoisotopic (exact) mass is 287 g/mol. The molecular formula is C17H18FNS. The highest BCUT2D eigenvalue weighted by Crippen LogP contribution is 2.38. The number of nitrogens with one attached hydrogen (secondary N) is 1. The van der Waals surface area contributed by atoms with Crippen LogP contribution in [0.5, 0.6) is 0 Å². The molecule has 0 aromatic heterocycles. The summed E-state index contributed by atoms with van der Waals surface area (Å²) in [4.78, 5) is 1.28. The molecule has 0 bridgehead atoms. The largest absolute Gasteiger partial charge is 0.382 e. The van der Waals surface area contributed by atoms with Crippen LogP contribution in [0.1, 0.15) is 24.3 Å². The molecule has 0 amide bonds. The first kappa shape index (κ1) is 13.5. The second-order valence-electron chi connectivity index (χ2n) is 5.29. The highest BCUT2D eigenvalue weighted by atomic mass is 32.2. The van der Waals surface area contributed by atoms with Gasteiger partial charge in [0.25, 0.3) is 0 Å². The molecule has 1 nitrogen and oxygen atoms in total. The summed E-state index contributed by atoms with van der Waals surface area (Å²) in [5.74, 6) is 0.361. The van der Waals surface area contributed by atoms with Crippen molar-refractivity contribution in [1.82, 2.24) is 0 Å². The Morgan fingerprint density at radius 3 is 2.50 bits per heavy atom. The highest BCUT2D eigenvalue weighted by molar-refractivity contribution is 7.98. The van der Waals surface area contributed by atoms with Gasteiger partial charge in [-0.25, -0.2) is 4.39 Å². The van der Waals surface area contributed by atoms with Gasteiger partial charge in [-0.05, 0) is 67.0 Å². The van der Waals surface area contributed by atoms with Crippen molar-refractivity contribution in [3.05, 3.63) is 59.9 Å². The Hall–Kier alpha value is -1.48. The van der Waals surface area contributed by atoms with Crippen LogP contribution < -0.4 is 5.32 Å². The zero-order valence-electron chi connectivity index (χ0n) is 11.5. The minimum atomic E-state index is -0.133. The van der Waals surface area contributed by atoms with Crippen LogP contribution in [-0.4, -0.2) is 12.3 Å². The standard InChI is InChI=1S/C17H18FNS/c1-20-17-7-5-15(6-8-17)19-16-10-13(11-16)12-3-2-4-14(18)9-12/h2-9,13,16,19H,10-11H2,1H3. The zero-order valence-corrected chi connectivity index (χ0v) is 12.3. The quantitative estimate of drug-likeness (QED) is 0.802. The van der Waals surface area contributed by atoms with Crippen LogP contribution in [0.3, 0.4) is 0 Å². The summed E-state index contributed by atoms with van der Waals surface area (Å²) in [6.45, 7) is 0. The van der Waals surface area contributed by atoms with Gasteiger partial charge in [-0.1, -0.05) is 12.1 Å². The van der Waals surface area contributed by atoms with Crippen molar-refractivity contribution >= 4 is 17.4 Å². The van der Waals surface area contributed by atoms with E-state index in [1.54, 1.807) is 23.9 Å². The Kier molecular flexibility index (Phi) is 3.97. The molecule has 3 rings (SSSR count). The number of hydrogen-bond acceptors (Lipinski definition) is 2. The van der Waals surface area contributed by atoms with Crippen molar-refractivity contribution in [3.63, 3.8) is 0 Å². The normalized spacial score (nSPS) is 21.3. The molecule has 1 N–H and O–H groups in total. The van der Waals surface area contributed by atoms with Gasteiger partial charge in [0.1, 0.15) is 5.82 Å². The lowest BCUT2D eigenvalue weighted by molar-refractivity contribution is 0.373. The lowest BCUT2D eigenvalue weighted by Crippen LogP contribution is -2.34. The molecule has 3 heteroatoms. The Balaban J connectivity index is 1.55. The molecule has 104 valence electrons. The fraction of sp³-hybridized carbons (Fsp3) is 0.294. The molecule has 1 saturated carbocycles. The molecule has 2 aromatic carbocycles. The number of hydrogen-bond donors (Lipinski definition) is 1. The van der Waals surface area contributed by atoms with Crippen LogP contribution in [0.2, 0.25) is 0 Å². The van der Waals surface area contributed by atoms with E-state index < -0.39 is 0 Å². The van der Waals surface area contributed by atoms with Crippen LogP contribution in [0.15, 0.2) is 53.4 Å². The molecule has 0 heterocycles. The average Bonchev–Trinajstić information content (AvgIpc) is 2.43. The van der Waals surface area contributed by atoms with Crippen molar-refractivity contribution in [2.75, 3.05) is 11.6 Å². The molecule has 2 aromatic rings. The van der Waals surface area contributed by atoms with E-state index in [2.05, 4.69) is 35.8 Å². The van der Waals surface area contributed by atoms with Gasteiger partial charge in [-0.2, -0.15) is 0 Å². The van der Waals surface area contributed by atoms with Crippen molar-refractivity contribution in [2.24, 2.45) is 0 Å². The van der Waals surface area contributed by atoms with E-state index in [4.69, 9.17) is 0 Å². The maximum absolute atomic E-state index is 13.2. The summed E-state index contributed by atoms with van der Waals surface area (Å²) in [5, 5.41) is 3.54. The molecule has 0 spiro atoms. The first-order chi connectivity index (χ1) is 9.74. The fourth-order valence-electron chi connectivity index (χ4n) is 2.69. The SMILES string of the molecule is CSc1ccc(NC2CC(c3cccc(F)c3)C2)cc1. The van der Waals surface area contributed by atoms with Gasteiger partial charge in [0, 0.05) is 16.6 Å². The molecule has 0 aliphatic heterocycles. The van der Waals surface area contributed by atoms with E-state index in [0.29, 0.717) is 12.0 Å². The third-order valence-corrected chi connectivity index (χ3v) is 4.66. The van der Waals surface area contributed by atoms with Gasteiger partial charge in [0.2, 0.25) is 0 Å². The summed E-state index contributed by atoms with van der Waals surface area (Å²) in [7, 11) is 0. The van der Waals surface area contributed by atoms with E-state index in [1.807, 2.05) is 6.07 Å². The number of rotatable bonds is 4. The van der Waals surface area contributed by atoms with Gasteiger partial charge in [-0.3, -0.25) is 0 Å². The van der Waals surface area contributed by atoms with Crippen LogP contribution in [-0.2, 0) is 0 Å². The van der Waals surface area contributed by atoms with Gasteiger partial charge >= 0.3 is 0 Å². The first-order valence-electron chi connectivity index (χ1n) is 6.90. The van der Waals surface area contributed by atoms with E-state index in [0.717, 1.165) is 18.4 Å². The molecule has 0 unspecified atom stereocenters. The average molecular weight is 287 g/mol.